The number of piperazine rings is 1. The number of Topliss-reactive ketones (excluding diaryl/α,β-unsaturated/α-hetero) is 1. The van der Waals surface area contributed by atoms with Crippen molar-refractivity contribution in [1.29, 1.82) is 0 Å². The van der Waals surface area contributed by atoms with Crippen molar-refractivity contribution in [2.45, 2.75) is 31.5 Å². The fourth-order valence-corrected chi connectivity index (χ4v) is 6.73. The first-order valence-corrected chi connectivity index (χ1v) is 16.8. The highest BCUT2D eigenvalue weighted by molar-refractivity contribution is 7.88. The number of nitrogens with zero attached hydrogens (tertiary/aromatic N) is 4. The standard InChI is InChI=1S/C33H37N5O7S/c1-46(43,44)37-17-15-36(16-18-37)28-20-29(38(21-28)32(40)26-13-11-25(12-14-26)31(34)35-42)30(39)19-23-7-9-27(10-8-23)33(41)45-22-24-5-3-2-4-6-24/h2-14,28-29,42H,15-22H2,1H3,(H2,34,35)/t28-,29-/m0/s1. The van der Waals surface area contributed by atoms with Gasteiger partial charge in [-0.25, -0.2) is 13.2 Å². The smallest absolute Gasteiger partial charge is 0.338 e. The van der Waals surface area contributed by atoms with Crippen molar-refractivity contribution in [3.8, 4) is 0 Å². The third-order valence-electron chi connectivity index (χ3n) is 8.49. The van der Waals surface area contributed by atoms with Gasteiger partial charge in [0.2, 0.25) is 10.0 Å². The molecule has 0 unspecified atom stereocenters. The van der Waals surface area contributed by atoms with Crippen molar-refractivity contribution >= 4 is 33.5 Å². The quantitative estimate of drug-likeness (QED) is 0.110. The fourth-order valence-electron chi connectivity index (χ4n) is 5.90. The minimum absolute atomic E-state index is 0.0603. The maximum Gasteiger partial charge on any atom is 0.338 e. The number of rotatable bonds is 10. The zero-order valence-electron chi connectivity index (χ0n) is 25.5. The van der Waals surface area contributed by atoms with Crippen molar-refractivity contribution in [1.82, 2.24) is 14.1 Å². The molecule has 13 heteroatoms. The van der Waals surface area contributed by atoms with Crippen LogP contribution in [-0.2, 0) is 32.6 Å². The van der Waals surface area contributed by atoms with E-state index in [1.54, 1.807) is 53.4 Å². The third-order valence-corrected chi connectivity index (χ3v) is 9.79. The van der Waals surface area contributed by atoms with Gasteiger partial charge in [0, 0.05) is 56.3 Å². The van der Waals surface area contributed by atoms with Gasteiger partial charge in [-0.15, -0.1) is 0 Å². The Morgan fingerprint density at radius 1 is 0.870 bits per heavy atom. The molecular weight excluding hydrogens is 610 g/mol. The molecule has 0 saturated carbocycles. The molecule has 0 radical (unpaired) electrons. The van der Waals surface area contributed by atoms with Gasteiger partial charge in [-0.3, -0.25) is 14.5 Å². The summed E-state index contributed by atoms with van der Waals surface area (Å²) in [5.74, 6) is -1.01. The molecule has 0 aliphatic carbocycles. The number of amidine groups is 1. The first kappa shape index (κ1) is 32.8. The SMILES string of the molecule is CS(=O)(=O)N1CCN([C@H]2C[C@@H](C(=O)Cc3ccc(C(=O)OCc4ccccc4)cc3)N(C(=O)c3ccc(/C(N)=N/O)cc3)C2)CC1. The van der Waals surface area contributed by atoms with E-state index in [-0.39, 0.29) is 36.6 Å². The van der Waals surface area contributed by atoms with Crippen LogP contribution < -0.4 is 5.73 Å². The van der Waals surface area contributed by atoms with Gasteiger partial charge in [-0.05, 0) is 41.8 Å². The van der Waals surface area contributed by atoms with Crippen LogP contribution in [0.5, 0.6) is 0 Å². The van der Waals surface area contributed by atoms with Gasteiger partial charge in [0.1, 0.15) is 6.61 Å². The zero-order chi connectivity index (χ0) is 32.8. The minimum atomic E-state index is -3.30. The summed E-state index contributed by atoms with van der Waals surface area (Å²) in [6.07, 6.45) is 1.67. The van der Waals surface area contributed by atoms with Crippen LogP contribution >= 0.6 is 0 Å². The Morgan fingerprint density at radius 3 is 2.09 bits per heavy atom. The number of hydrogen-bond donors (Lipinski definition) is 2. The number of carbonyl (C=O) groups is 3. The number of sulfonamides is 1. The van der Waals surface area contributed by atoms with Crippen molar-refractivity contribution < 1.29 is 32.7 Å². The molecule has 5 rings (SSSR count). The molecule has 3 N–H and O–H groups in total. The van der Waals surface area contributed by atoms with Crippen molar-refractivity contribution in [2.24, 2.45) is 10.9 Å². The molecule has 12 nitrogen and oxygen atoms in total. The van der Waals surface area contributed by atoms with Gasteiger partial charge in [0.15, 0.2) is 11.6 Å². The lowest BCUT2D eigenvalue weighted by molar-refractivity contribution is -0.122. The number of hydrogen-bond acceptors (Lipinski definition) is 9. The van der Waals surface area contributed by atoms with Gasteiger partial charge < -0.3 is 20.6 Å². The van der Waals surface area contributed by atoms with Crippen molar-refractivity contribution in [2.75, 3.05) is 39.0 Å². The minimum Gasteiger partial charge on any atom is -0.457 e. The Hall–Kier alpha value is -4.59. The number of esters is 1. The van der Waals surface area contributed by atoms with Crippen LogP contribution in [0.25, 0.3) is 0 Å². The number of amides is 1. The van der Waals surface area contributed by atoms with Gasteiger partial charge in [0.05, 0.1) is 17.9 Å². The van der Waals surface area contributed by atoms with Crippen LogP contribution in [0.3, 0.4) is 0 Å². The first-order chi connectivity index (χ1) is 22.0. The van der Waals surface area contributed by atoms with Gasteiger partial charge in [0.25, 0.3) is 5.91 Å². The zero-order valence-corrected chi connectivity index (χ0v) is 26.3. The molecule has 3 aromatic carbocycles. The molecule has 242 valence electrons. The van der Waals surface area contributed by atoms with Crippen molar-refractivity contribution in [3.63, 3.8) is 0 Å². The van der Waals surface area contributed by atoms with Crippen LogP contribution in [0.2, 0.25) is 0 Å². The van der Waals surface area contributed by atoms with Gasteiger partial charge in [-0.2, -0.15) is 4.31 Å². The number of oxime groups is 1. The summed E-state index contributed by atoms with van der Waals surface area (Å²) in [7, 11) is -3.30. The lowest BCUT2D eigenvalue weighted by Crippen LogP contribution is -2.52. The van der Waals surface area contributed by atoms with Gasteiger partial charge >= 0.3 is 5.97 Å². The monoisotopic (exact) mass is 647 g/mol. The van der Waals surface area contributed by atoms with Crippen LogP contribution in [0, 0.1) is 0 Å². The Labute approximate surface area is 268 Å². The Bertz CT molecular complexity index is 1690. The number of likely N-dealkylation sites (tertiary alicyclic amines) is 1. The average Bonchev–Trinajstić information content (AvgIpc) is 3.53. The Balaban J connectivity index is 1.28. The molecule has 46 heavy (non-hydrogen) atoms. The molecule has 2 saturated heterocycles. The van der Waals surface area contributed by atoms with E-state index in [1.165, 1.54) is 10.6 Å². The highest BCUT2D eigenvalue weighted by atomic mass is 32.2. The molecule has 0 spiro atoms. The lowest BCUT2D eigenvalue weighted by Gasteiger charge is -2.36. The van der Waals surface area contributed by atoms with E-state index in [2.05, 4.69) is 10.1 Å². The highest BCUT2D eigenvalue weighted by Crippen LogP contribution is 2.27. The molecule has 1 amide bonds. The number of benzene rings is 3. The molecule has 2 aliphatic heterocycles. The normalized spacial score (nSPS) is 19.6. The largest absolute Gasteiger partial charge is 0.457 e. The first-order valence-electron chi connectivity index (χ1n) is 14.9. The van der Waals surface area contributed by atoms with Gasteiger partial charge in [-0.1, -0.05) is 59.8 Å². The summed E-state index contributed by atoms with van der Waals surface area (Å²) >= 11 is 0. The van der Waals surface area contributed by atoms with E-state index in [9.17, 15) is 22.8 Å². The van der Waals surface area contributed by atoms with E-state index in [4.69, 9.17) is 15.7 Å². The highest BCUT2D eigenvalue weighted by Gasteiger charge is 2.42. The summed E-state index contributed by atoms with van der Waals surface area (Å²) in [5, 5.41) is 12.0. The fraction of sp³-hybridized carbons (Fsp3) is 0.333. The molecule has 2 heterocycles. The van der Waals surface area contributed by atoms with Crippen LogP contribution in [0.1, 0.15) is 43.8 Å². The molecule has 2 fully saturated rings. The summed E-state index contributed by atoms with van der Waals surface area (Å²) in [6, 6.07) is 21.5. The second-order valence-electron chi connectivity index (χ2n) is 11.5. The van der Waals surface area contributed by atoms with Crippen LogP contribution in [-0.4, -0.2) is 102 Å². The molecule has 2 aliphatic rings. The lowest BCUT2D eigenvalue weighted by atomic mass is 9.99. The predicted molar refractivity (Wildman–Crippen MR) is 171 cm³/mol. The summed E-state index contributed by atoms with van der Waals surface area (Å²) in [4.78, 5) is 43.8. The summed E-state index contributed by atoms with van der Waals surface area (Å²) in [6.45, 7) is 2.14. The van der Waals surface area contributed by atoms with E-state index in [0.29, 0.717) is 61.4 Å². The maximum absolute atomic E-state index is 13.8. The maximum atomic E-state index is 13.8. The molecule has 3 aromatic rings. The number of ether oxygens (including phenoxy) is 1. The molecule has 0 bridgehead atoms. The molecule has 2 atom stereocenters. The summed E-state index contributed by atoms with van der Waals surface area (Å²) in [5.41, 5.74) is 8.42. The van der Waals surface area contributed by atoms with E-state index >= 15 is 0 Å². The van der Waals surface area contributed by atoms with E-state index < -0.39 is 22.0 Å². The number of nitrogens with two attached hydrogens (primary N) is 1. The average molecular weight is 648 g/mol. The van der Waals surface area contributed by atoms with E-state index in [0.717, 1.165) is 5.56 Å². The van der Waals surface area contributed by atoms with Crippen LogP contribution in [0.15, 0.2) is 84.0 Å². The predicted octanol–water partition coefficient (Wildman–Crippen LogP) is 2.11. The third kappa shape index (κ3) is 7.79. The number of ketones is 1. The second kappa shape index (κ2) is 14.2. The van der Waals surface area contributed by atoms with Crippen molar-refractivity contribution in [3.05, 3.63) is 107 Å². The number of carbonyl (C=O) groups excluding carboxylic acids is 3. The Morgan fingerprint density at radius 2 is 1.48 bits per heavy atom. The van der Waals surface area contributed by atoms with Crippen LogP contribution in [0.4, 0.5) is 0 Å². The molecular formula is C33H37N5O7S. The summed E-state index contributed by atoms with van der Waals surface area (Å²) < 4.78 is 30.9. The second-order valence-corrected chi connectivity index (χ2v) is 13.5. The topological polar surface area (TPSA) is 163 Å². The molecule has 0 aromatic heterocycles. The Kier molecular flexibility index (Phi) is 10.1. The van der Waals surface area contributed by atoms with E-state index in [1.807, 2.05) is 30.3 Å².